The summed E-state index contributed by atoms with van der Waals surface area (Å²) in [6.45, 7) is 3.15. The second-order valence-corrected chi connectivity index (χ2v) is 6.79. The Kier molecular flexibility index (Phi) is 3.22. The zero-order valence-electron chi connectivity index (χ0n) is 10.5. The molecule has 6 heteroatoms. The predicted molar refractivity (Wildman–Crippen MR) is 66.7 cm³/mol. The fourth-order valence-electron chi connectivity index (χ4n) is 1.71. The number of benzene rings is 1. The van der Waals surface area contributed by atoms with E-state index in [4.69, 9.17) is 4.74 Å². The Bertz CT molecular complexity index is 642. The molecule has 0 N–H and O–H groups in total. The average molecular weight is 284 g/mol. The van der Waals surface area contributed by atoms with E-state index in [0.717, 1.165) is 12.1 Å². The predicted octanol–water partition coefficient (Wildman–Crippen LogP) is 1.86. The summed E-state index contributed by atoms with van der Waals surface area (Å²) < 4.78 is 42.2. The van der Waals surface area contributed by atoms with Crippen LogP contribution in [0.25, 0.3) is 0 Å². The van der Waals surface area contributed by atoms with Crippen molar-refractivity contribution in [3.05, 3.63) is 41.9 Å². The highest BCUT2D eigenvalue weighted by atomic mass is 32.2. The van der Waals surface area contributed by atoms with Crippen LogP contribution < -0.4 is 0 Å². The first-order valence-electron chi connectivity index (χ1n) is 5.63. The second-order valence-electron chi connectivity index (χ2n) is 4.80. The van der Waals surface area contributed by atoms with E-state index in [1.54, 1.807) is 13.8 Å². The molecule has 0 spiro atoms. The molecule has 0 atom stereocenters. The van der Waals surface area contributed by atoms with Crippen LogP contribution in [0.4, 0.5) is 4.39 Å². The number of carbonyl (C=O) groups is 1. The van der Waals surface area contributed by atoms with Gasteiger partial charge in [-0.1, -0.05) is 0 Å². The molecule has 0 amide bonds. The van der Waals surface area contributed by atoms with Gasteiger partial charge in [0.05, 0.1) is 4.90 Å². The van der Waals surface area contributed by atoms with Gasteiger partial charge >= 0.3 is 0 Å². The minimum absolute atomic E-state index is 0.00412. The SMILES string of the molecule is CC1(C)OC(CS(=O)(=O)c2ccc(F)cc2)=CC1=O. The summed E-state index contributed by atoms with van der Waals surface area (Å²) in [5.41, 5.74) is -1.02. The zero-order chi connectivity index (χ0) is 14.3. The molecule has 0 unspecified atom stereocenters. The van der Waals surface area contributed by atoms with E-state index >= 15 is 0 Å². The third-order valence-electron chi connectivity index (χ3n) is 2.78. The third kappa shape index (κ3) is 2.84. The van der Waals surface area contributed by atoms with Crippen LogP contribution >= 0.6 is 0 Å². The molecule has 4 nitrogen and oxygen atoms in total. The summed E-state index contributed by atoms with van der Waals surface area (Å²) in [6, 6.07) is 4.53. The largest absolute Gasteiger partial charge is 0.483 e. The summed E-state index contributed by atoms with van der Waals surface area (Å²) in [6.07, 6.45) is 1.20. The van der Waals surface area contributed by atoms with Crippen molar-refractivity contribution < 1.29 is 22.3 Å². The molecule has 0 bridgehead atoms. The quantitative estimate of drug-likeness (QED) is 0.795. The minimum Gasteiger partial charge on any atom is -0.483 e. The molecule has 0 radical (unpaired) electrons. The molecule has 102 valence electrons. The Labute approximate surface area is 110 Å². The maximum Gasteiger partial charge on any atom is 0.201 e. The number of sulfone groups is 1. The van der Waals surface area contributed by atoms with E-state index < -0.39 is 27.0 Å². The Morgan fingerprint density at radius 2 is 1.79 bits per heavy atom. The van der Waals surface area contributed by atoms with Crippen molar-refractivity contribution in [2.45, 2.75) is 24.3 Å². The topological polar surface area (TPSA) is 60.4 Å². The standard InChI is InChI=1S/C13H13FO4S/c1-13(2)12(15)7-10(18-13)8-19(16,17)11-5-3-9(14)4-6-11/h3-7H,8H2,1-2H3. The number of hydrogen-bond acceptors (Lipinski definition) is 4. The fraction of sp³-hybridized carbons (Fsp3) is 0.308. The first-order chi connectivity index (χ1) is 8.71. The molecule has 1 aromatic rings. The molecule has 0 aromatic heterocycles. The summed E-state index contributed by atoms with van der Waals surface area (Å²) in [7, 11) is -3.65. The van der Waals surface area contributed by atoms with Gasteiger partial charge in [-0.15, -0.1) is 0 Å². The highest BCUT2D eigenvalue weighted by Crippen LogP contribution is 2.26. The van der Waals surface area contributed by atoms with Crippen molar-refractivity contribution in [3.8, 4) is 0 Å². The van der Waals surface area contributed by atoms with E-state index in [0.29, 0.717) is 0 Å². The first-order valence-corrected chi connectivity index (χ1v) is 7.28. The van der Waals surface area contributed by atoms with Crippen molar-refractivity contribution in [2.75, 3.05) is 5.75 Å². The van der Waals surface area contributed by atoms with Crippen molar-refractivity contribution in [3.63, 3.8) is 0 Å². The molecule has 0 saturated heterocycles. The monoisotopic (exact) mass is 284 g/mol. The molecule has 2 rings (SSSR count). The summed E-state index contributed by atoms with van der Waals surface area (Å²) >= 11 is 0. The number of ether oxygens (including phenoxy) is 1. The van der Waals surface area contributed by atoms with Gasteiger partial charge in [0, 0.05) is 6.08 Å². The molecule has 0 aliphatic carbocycles. The van der Waals surface area contributed by atoms with Crippen molar-refractivity contribution >= 4 is 15.6 Å². The molecule has 1 aromatic carbocycles. The molecule has 0 fully saturated rings. The summed E-state index contributed by atoms with van der Waals surface area (Å²) in [5.74, 6) is -1.07. The Morgan fingerprint density at radius 3 is 2.26 bits per heavy atom. The van der Waals surface area contributed by atoms with Gasteiger partial charge in [0.25, 0.3) is 0 Å². The molecular formula is C13H13FO4S. The Morgan fingerprint density at radius 1 is 1.21 bits per heavy atom. The highest BCUT2D eigenvalue weighted by Gasteiger charge is 2.36. The van der Waals surface area contributed by atoms with Gasteiger partial charge in [-0.2, -0.15) is 0 Å². The lowest BCUT2D eigenvalue weighted by Gasteiger charge is -2.18. The molecule has 19 heavy (non-hydrogen) atoms. The maximum atomic E-state index is 12.8. The number of carbonyl (C=O) groups excluding carboxylic acids is 1. The van der Waals surface area contributed by atoms with Crippen LogP contribution in [0.1, 0.15) is 13.8 Å². The average Bonchev–Trinajstić information content (AvgIpc) is 2.51. The Hall–Kier alpha value is -1.69. The van der Waals surface area contributed by atoms with E-state index in [-0.39, 0.29) is 16.4 Å². The van der Waals surface area contributed by atoms with Crippen LogP contribution in [0.5, 0.6) is 0 Å². The number of rotatable bonds is 3. The van der Waals surface area contributed by atoms with Crippen molar-refractivity contribution in [2.24, 2.45) is 0 Å². The van der Waals surface area contributed by atoms with E-state index in [9.17, 15) is 17.6 Å². The molecule has 1 heterocycles. The van der Waals surface area contributed by atoms with Gasteiger partial charge in [0.2, 0.25) is 5.78 Å². The number of ketones is 1. The van der Waals surface area contributed by atoms with Gasteiger partial charge < -0.3 is 4.74 Å². The summed E-state index contributed by atoms with van der Waals surface area (Å²) in [4.78, 5) is 11.5. The van der Waals surface area contributed by atoms with E-state index in [1.165, 1.54) is 18.2 Å². The lowest BCUT2D eigenvalue weighted by Crippen LogP contribution is -2.28. The van der Waals surface area contributed by atoms with E-state index in [2.05, 4.69) is 0 Å². The maximum absolute atomic E-state index is 12.8. The lowest BCUT2D eigenvalue weighted by atomic mass is 10.1. The normalized spacial score (nSPS) is 18.1. The van der Waals surface area contributed by atoms with Gasteiger partial charge in [0.15, 0.2) is 15.4 Å². The molecular weight excluding hydrogens is 271 g/mol. The zero-order valence-corrected chi connectivity index (χ0v) is 11.3. The molecule has 0 saturated carbocycles. The highest BCUT2D eigenvalue weighted by molar-refractivity contribution is 7.91. The van der Waals surface area contributed by atoms with Crippen LogP contribution in [0.3, 0.4) is 0 Å². The third-order valence-corrected chi connectivity index (χ3v) is 4.43. The van der Waals surface area contributed by atoms with Crippen LogP contribution in [-0.4, -0.2) is 25.6 Å². The van der Waals surface area contributed by atoms with Gasteiger partial charge in [-0.25, -0.2) is 12.8 Å². The molecule has 1 aliphatic rings. The second kappa shape index (κ2) is 4.45. The van der Waals surface area contributed by atoms with Crippen LogP contribution in [0, 0.1) is 5.82 Å². The smallest absolute Gasteiger partial charge is 0.201 e. The summed E-state index contributed by atoms with van der Waals surface area (Å²) in [5, 5.41) is 0. The van der Waals surface area contributed by atoms with Gasteiger partial charge in [0.1, 0.15) is 17.3 Å². The molecule has 1 aliphatic heterocycles. The Balaban J connectivity index is 2.22. The lowest BCUT2D eigenvalue weighted by molar-refractivity contribution is -0.126. The number of hydrogen-bond donors (Lipinski definition) is 0. The van der Waals surface area contributed by atoms with E-state index in [1.807, 2.05) is 0 Å². The first kappa shape index (κ1) is 13.7. The number of halogens is 1. The van der Waals surface area contributed by atoms with Crippen LogP contribution in [0.15, 0.2) is 41.0 Å². The van der Waals surface area contributed by atoms with Crippen LogP contribution in [0.2, 0.25) is 0 Å². The van der Waals surface area contributed by atoms with Gasteiger partial charge in [-0.3, -0.25) is 4.79 Å². The van der Waals surface area contributed by atoms with Gasteiger partial charge in [-0.05, 0) is 38.1 Å². The fourth-order valence-corrected chi connectivity index (χ4v) is 2.95. The van der Waals surface area contributed by atoms with Crippen molar-refractivity contribution in [1.29, 1.82) is 0 Å². The minimum atomic E-state index is -3.65. The van der Waals surface area contributed by atoms with Crippen LogP contribution in [-0.2, 0) is 19.4 Å². The van der Waals surface area contributed by atoms with Crippen molar-refractivity contribution in [1.82, 2.24) is 0 Å².